The lowest BCUT2D eigenvalue weighted by molar-refractivity contribution is 0.0718. The Labute approximate surface area is 123 Å². The number of nitrogens with one attached hydrogen (secondary N) is 1. The largest absolute Gasteiger partial charge is 0.467 e. The van der Waals surface area contributed by atoms with Gasteiger partial charge in [-0.25, -0.2) is 9.97 Å². The Hall–Kier alpha value is -2.37. The van der Waals surface area contributed by atoms with Crippen molar-refractivity contribution < 1.29 is 9.21 Å². The van der Waals surface area contributed by atoms with Crippen LogP contribution in [0.15, 0.2) is 35.2 Å². The molecule has 0 unspecified atom stereocenters. The maximum absolute atomic E-state index is 12.2. The summed E-state index contributed by atoms with van der Waals surface area (Å²) in [5, 5.41) is 3.10. The molecule has 0 aliphatic carbocycles. The first-order valence-corrected chi connectivity index (χ1v) is 7.20. The molecule has 1 N–H and O–H groups in total. The predicted molar refractivity (Wildman–Crippen MR) is 77.8 cm³/mol. The number of rotatable bonds is 4. The first kappa shape index (κ1) is 13.6. The minimum absolute atomic E-state index is 0.0280. The molecule has 0 bridgehead atoms. The Morgan fingerprint density at radius 3 is 2.76 bits per heavy atom. The molecule has 6 heteroatoms. The van der Waals surface area contributed by atoms with E-state index in [1.165, 1.54) is 12.6 Å². The molecular formula is C15H18N4O2. The summed E-state index contributed by atoms with van der Waals surface area (Å²) in [6.45, 7) is 2.18. The van der Waals surface area contributed by atoms with E-state index in [1.54, 1.807) is 12.5 Å². The molecule has 1 aliphatic rings. The fraction of sp³-hybridized carbons (Fsp3) is 0.400. The molecule has 0 spiro atoms. The van der Waals surface area contributed by atoms with Crippen LogP contribution < -0.4 is 5.32 Å². The van der Waals surface area contributed by atoms with E-state index in [0.717, 1.165) is 31.7 Å². The van der Waals surface area contributed by atoms with Crippen molar-refractivity contribution in [1.82, 2.24) is 14.9 Å². The van der Waals surface area contributed by atoms with Crippen LogP contribution in [0.5, 0.6) is 0 Å². The topological polar surface area (TPSA) is 71.3 Å². The fourth-order valence-electron chi connectivity index (χ4n) is 2.38. The summed E-state index contributed by atoms with van der Waals surface area (Å²) >= 11 is 0. The highest BCUT2D eigenvalue weighted by atomic mass is 16.3. The van der Waals surface area contributed by atoms with Gasteiger partial charge in [-0.05, 0) is 31.4 Å². The highest BCUT2D eigenvalue weighted by Gasteiger charge is 2.19. The van der Waals surface area contributed by atoms with Crippen LogP contribution in [-0.4, -0.2) is 33.9 Å². The van der Waals surface area contributed by atoms with E-state index in [9.17, 15) is 4.79 Å². The zero-order valence-corrected chi connectivity index (χ0v) is 11.8. The van der Waals surface area contributed by atoms with E-state index in [0.29, 0.717) is 18.1 Å². The molecule has 1 saturated heterocycles. The third-order valence-electron chi connectivity index (χ3n) is 3.54. The molecule has 3 rings (SSSR count). The van der Waals surface area contributed by atoms with E-state index in [2.05, 4.69) is 15.3 Å². The molecular weight excluding hydrogens is 268 g/mol. The van der Waals surface area contributed by atoms with E-state index >= 15 is 0 Å². The van der Waals surface area contributed by atoms with Crippen molar-refractivity contribution in [1.29, 1.82) is 0 Å². The minimum Gasteiger partial charge on any atom is -0.467 e. The van der Waals surface area contributed by atoms with E-state index in [1.807, 2.05) is 17.0 Å². The van der Waals surface area contributed by atoms with Crippen LogP contribution in [-0.2, 0) is 6.54 Å². The number of anilines is 1. The molecule has 21 heavy (non-hydrogen) atoms. The molecule has 0 aromatic carbocycles. The summed E-state index contributed by atoms with van der Waals surface area (Å²) in [4.78, 5) is 22.5. The van der Waals surface area contributed by atoms with Crippen molar-refractivity contribution in [2.45, 2.75) is 25.8 Å². The molecule has 0 radical (unpaired) electrons. The summed E-state index contributed by atoms with van der Waals surface area (Å²) in [6.07, 6.45) is 8.08. The SMILES string of the molecule is O=C(c1cnc(NCc2ccco2)cn1)N1CCCCC1. The number of nitrogens with zero attached hydrogens (tertiary/aromatic N) is 3. The molecule has 110 valence electrons. The number of hydrogen-bond donors (Lipinski definition) is 1. The Balaban J connectivity index is 1.59. The second-order valence-corrected chi connectivity index (χ2v) is 5.07. The van der Waals surface area contributed by atoms with Gasteiger partial charge in [-0.3, -0.25) is 4.79 Å². The smallest absolute Gasteiger partial charge is 0.274 e. The first-order chi connectivity index (χ1) is 10.3. The zero-order valence-electron chi connectivity index (χ0n) is 11.8. The van der Waals surface area contributed by atoms with Crippen molar-refractivity contribution in [2.75, 3.05) is 18.4 Å². The van der Waals surface area contributed by atoms with Gasteiger partial charge in [-0.15, -0.1) is 0 Å². The average molecular weight is 286 g/mol. The van der Waals surface area contributed by atoms with Crippen molar-refractivity contribution in [2.24, 2.45) is 0 Å². The number of carbonyl (C=O) groups excluding carboxylic acids is 1. The second kappa shape index (κ2) is 6.39. The van der Waals surface area contributed by atoms with Gasteiger partial charge < -0.3 is 14.6 Å². The standard InChI is InChI=1S/C15H18N4O2/c20-15(19-6-2-1-3-7-19)13-10-18-14(11-16-13)17-9-12-5-4-8-21-12/h4-5,8,10-11H,1-3,6-7,9H2,(H,17,18). The average Bonchev–Trinajstić information content (AvgIpc) is 3.07. The van der Waals surface area contributed by atoms with Crippen molar-refractivity contribution in [3.63, 3.8) is 0 Å². The maximum Gasteiger partial charge on any atom is 0.274 e. The summed E-state index contributed by atoms with van der Waals surface area (Å²) in [7, 11) is 0. The van der Waals surface area contributed by atoms with Crippen LogP contribution in [0.25, 0.3) is 0 Å². The van der Waals surface area contributed by atoms with E-state index in [-0.39, 0.29) is 5.91 Å². The van der Waals surface area contributed by atoms with Gasteiger partial charge >= 0.3 is 0 Å². The normalized spacial score (nSPS) is 15.0. The van der Waals surface area contributed by atoms with Gasteiger partial charge in [0.05, 0.1) is 25.2 Å². The number of aromatic nitrogens is 2. The third-order valence-corrected chi connectivity index (χ3v) is 3.54. The Kier molecular flexibility index (Phi) is 4.14. The zero-order chi connectivity index (χ0) is 14.5. The molecule has 6 nitrogen and oxygen atoms in total. The third kappa shape index (κ3) is 3.39. The van der Waals surface area contributed by atoms with Crippen molar-refractivity contribution in [3.8, 4) is 0 Å². The number of likely N-dealkylation sites (tertiary alicyclic amines) is 1. The summed E-state index contributed by atoms with van der Waals surface area (Å²) in [6, 6.07) is 3.72. The van der Waals surface area contributed by atoms with Crippen LogP contribution >= 0.6 is 0 Å². The number of furan rings is 1. The minimum atomic E-state index is -0.0280. The van der Waals surface area contributed by atoms with Gasteiger partial charge in [0.25, 0.3) is 5.91 Å². The molecule has 2 aromatic heterocycles. The lowest BCUT2D eigenvalue weighted by atomic mass is 10.1. The molecule has 0 atom stereocenters. The van der Waals surface area contributed by atoms with Crippen LogP contribution in [0.1, 0.15) is 35.5 Å². The van der Waals surface area contributed by atoms with Crippen LogP contribution in [0, 0.1) is 0 Å². The van der Waals surface area contributed by atoms with Crippen LogP contribution in [0.3, 0.4) is 0 Å². The van der Waals surface area contributed by atoms with Crippen molar-refractivity contribution >= 4 is 11.7 Å². The molecule has 3 heterocycles. The van der Waals surface area contributed by atoms with Crippen molar-refractivity contribution in [3.05, 3.63) is 42.2 Å². The maximum atomic E-state index is 12.2. The summed E-state index contributed by atoms with van der Waals surface area (Å²) in [5.74, 6) is 1.42. The monoisotopic (exact) mass is 286 g/mol. The van der Waals surface area contributed by atoms with Crippen LogP contribution in [0.2, 0.25) is 0 Å². The summed E-state index contributed by atoms with van der Waals surface area (Å²) < 4.78 is 5.23. The fourth-order valence-corrected chi connectivity index (χ4v) is 2.38. The highest BCUT2D eigenvalue weighted by molar-refractivity contribution is 5.92. The Bertz CT molecular complexity index is 574. The lowest BCUT2D eigenvalue weighted by Gasteiger charge is -2.26. The van der Waals surface area contributed by atoms with Gasteiger partial charge in [0.2, 0.25) is 0 Å². The van der Waals surface area contributed by atoms with E-state index in [4.69, 9.17) is 4.42 Å². The molecule has 0 saturated carbocycles. The number of hydrogen-bond acceptors (Lipinski definition) is 5. The Morgan fingerprint density at radius 2 is 2.10 bits per heavy atom. The van der Waals surface area contributed by atoms with Gasteiger partial charge in [0.15, 0.2) is 0 Å². The molecule has 1 amide bonds. The highest BCUT2D eigenvalue weighted by Crippen LogP contribution is 2.12. The van der Waals surface area contributed by atoms with Gasteiger partial charge in [0, 0.05) is 13.1 Å². The number of amides is 1. The predicted octanol–water partition coefficient (Wildman–Crippen LogP) is 2.31. The quantitative estimate of drug-likeness (QED) is 0.933. The Morgan fingerprint density at radius 1 is 1.24 bits per heavy atom. The first-order valence-electron chi connectivity index (χ1n) is 7.20. The second-order valence-electron chi connectivity index (χ2n) is 5.07. The molecule has 1 fully saturated rings. The van der Waals surface area contributed by atoms with Gasteiger partial charge in [-0.1, -0.05) is 0 Å². The van der Waals surface area contributed by atoms with Gasteiger partial charge in [-0.2, -0.15) is 0 Å². The number of carbonyl (C=O) groups is 1. The number of piperidine rings is 1. The lowest BCUT2D eigenvalue weighted by Crippen LogP contribution is -2.36. The molecule has 1 aliphatic heterocycles. The molecule has 2 aromatic rings. The van der Waals surface area contributed by atoms with E-state index < -0.39 is 0 Å². The van der Waals surface area contributed by atoms with Gasteiger partial charge in [0.1, 0.15) is 17.3 Å². The summed E-state index contributed by atoms with van der Waals surface area (Å²) in [5.41, 5.74) is 0.403. The van der Waals surface area contributed by atoms with Crippen LogP contribution in [0.4, 0.5) is 5.82 Å².